The van der Waals surface area contributed by atoms with Crippen molar-refractivity contribution in [1.29, 1.82) is 0 Å². The molecule has 0 unspecified atom stereocenters. The molecule has 138 valence electrons. The summed E-state index contributed by atoms with van der Waals surface area (Å²) in [5.41, 5.74) is 0.252. The van der Waals surface area contributed by atoms with E-state index in [-0.39, 0.29) is 32.0 Å². The minimum absolute atomic E-state index is 0.124. The molecule has 0 radical (unpaired) electrons. The molecular weight excluding hydrogens is 374 g/mol. The second-order valence-corrected chi connectivity index (χ2v) is 6.97. The maximum absolute atomic E-state index is 14.8. The summed E-state index contributed by atoms with van der Waals surface area (Å²) in [6.45, 7) is 9.78. The number of carbonyl (C=O) groups excluding carboxylic acids is 2. The lowest BCUT2D eigenvalue weighted by Gasteiger charge is -2.06. The van der Waals surface area contributed by atoms with E-state index in [0.29, 0.717) is 10.8 Å². The first-order valence-electron chi connectivity index (χ1n) is 7.79. The topological polar surface area (TPSA) is 52.6 Å². The van der Waals surface area contributed by atoms with E-state index >= 15 is 0 Å². The number of carbonyl (C=O) groups is 2. The van der Waals surface area contributed by atoms with Crippen molar-refractivity contribution in [3.8, 4) is 11.5 Å². The van der Waals surface area contributed by atoms with Crippen molar-refractivity contribution in [2.75, 3.05) is 0 Å². The molecule has 4 nitrogen and oxygen atoms in total. The average Bonchev–Trinajstić information content (AvgIpc) is 2.99. The van der Waals surface area contributed by atoms with Gasteiger partial charge < -0.3 is 9.47 Å². The summed E-state index contributed by atoms with van der Waals surface area (Å²) in [5, 5.41) is 0.915. The number of rotatable bonds is 4. The van der Waals surface area contributed by atoms with E-state index in [1.54, 1.807) is 0 Å². The van der Waals surface area contributed by atoms with Gasteiger partial charge >= 0.3 is 11.9 Å². The standard InChI is InChI=1S/C20H14F2O4S/c1-9(2)19(23)25-13-7-5-11-12-6-8-14(26-20(24)10(3)4)16(22)18(12)27-17(11)15(13)21/h5-8H,1,3H2,2,4H3. The molecular formula is C20H14F2O4S. The Kier molecular flexibility index (Phi) is 4.80. The highest BCUT2D eigenvalue weighted by molar-refractivity contribution is 7.25. The smallest absolute Gasteiger partial charge is 0.338 e. The molecule has 0 N–H and O–H groups in total. The number of esters is 2. The van der Waals surface area contributed by atoms with E-state index in [9.17, 15) is 18.4 Å². The van der Waals surface area contributed by atoms with Crippen LogP contribution in [0.3, 0.4) is 0 Å². The molecule has 3 aromatic rings. The Hall–Kier alpha value is -3.06. The Bertz CT molecular complexity index is 1060. The summed E-state index contributed by atoms with van der Waals surface area (Å²) in [4.78, 5) is 23.3. The van der Waals surface area contributed by atoms with Gasteiger partial charge in [0.1, 0.15) is 0 Å². The average molecular weight is 388 g/mol. The molecule has 0 saturated carbocycles. The van der Waals surface area contributed by atoms with Crippen molar-refractivity contribution in [2.45, 2.75) is 13.8 Å². The van der Waals surface area contributed by atoms with Crippen LogP contribution in [0, 0.1) is 11.6 Å². The van der Waals surface area contributed by atoms with Crippen molar-refractivity contribution in [3.63, 3.8) is 0 Å². The molecule has 0 aliphatic carbocycles. The van der Waals surface area contributed by atoms with Gasteiger partial charge in [-0.3, -0.25) is 0 Å². The van der Waals surface area contributed by atoms with Crippen molar-refractivity contribution in [1.82, 2.24) is 0 Å². The van der Waals surface area contributed by atoms with Gasteiger partial charge in [-0.1, -0.05) is 13.2 Å². The molecule has 0 atom stereocenters. The number of hydrogen-bond acceptors (Lipinski definition) is 5. The van der Waals surface area contributed by atoms with Crippen LogP contribution in [-0.2, 0) is 9.59 Å². The van der Waals surface area contributed by atoms with Gasteiger partial charge in [0.05, 0.1) is 9.40 Å². The molecule has 0 fully saturated rings. The molecule has 3 rings (SSSR count). The van der Waals surface area contributed by atoms with Crippen LogP contribution < -0.4 is 9.47 Å². The quantitative estimate of drug-likeness (QED) is 0.346. The SMILES string of the molecule is C=C(C)C(=O)Oc1ccc2c(sc3c(F)c(OC(=O)C(=C)C)ccc32)c1F. The molecule has 0 bridgehead atoms. The van der Waals surface area contributed by atoms with E-state index in [1.807, 2.05) is 0 Å². The molecule has 0 aliphatic heterocycles. The number of hydrogen-bond donors (Lipinski definition) is 0. The predicted octanol–water partition coefficient (Wildman–Crippen LogP) is 5.30. The molecule has 2 aromatic carbocycles. The van der Waals surface area contributed by atoms with Crippen LogP contribution >= 0.6 is 11.3 Å². The fourth-order valence-electron chi connectivity index (χ4n) is 2.33. The summed E-state index contributed by atoms with van der Waals surface area (Å²) >= 11 is 0.837. The summed E-state index contributed by atoms with van der Waals surface area (Å²) in [6.07, 6.45) is 0. The molecule has 27 heavy (non-hydrogen) atoms. The third-order valence-corrected chi connectivity index (χ3v) is 4.93. The van der Waals surface area contributed by atoms with Gasteiger partial charge in [0, 0.05) is 21.9 Å². The number of benzene rings is 2. The zero-order valence-electron chi connectivity index (χ0n) is 14.5. The van der Waals surface area contributed by atoms with E-state index in [1.165, 1.54) is 38.1 Å². The van der Waals surface area contributed by atoms with Crippen LogP contribution in [-0.4, -0.2) is 11.9 Å². The fraction of sp³-hybridized carbons (Fsp3) is 0.100. The third kappa shape index (κ3) is 3.33. The number of ether oxygens (including phenoxy) is 2. The Balaban J connectivity index is 2.12. The number of fused-ring (bicyclic) bond motifs is 3. The zero-order valence-corrected chi connectivity index (χ0v) is 15.3. The normalized spacial score (nSPS) is 10.8. The second kappa shape index (κ2) is 6.92. The van der Waals surface area contributed by atoms with E-state index in [4.69, 9.17) is 9.47 Å². The van der Waals surface area contributed by atoms with Crippen LogP contribution in [0.15, 0.2) is 48.6 Å². The van der Waals surface area contributed by atoms with Gasteiger partial charge in [-0.2, -0.15) is 0 Å². The fourth-order valence-corrected chi connectivity index (χ4v) is 3.49. The lowest BCUT2D eigenvalue weighted by Crippen LogP contribution is -2.09. The van der Waals surface area contributed by atoms with Crippen molar-refractivity contribution in [3.05, 3.63) is 60.2 Å². The van der Waals surface area contributed by atoms with Crippen LogP contribution in [0.4, 0.5) is 8.78 Å². The van der Waals surface area contributed by atoms with Gasteiger partial charge in [0.15, 0.2) is 23.1 Å². The molecule has 7 heteroatoms. The first kappa shape index (κ1) is 18.7. The number of thiophene rings is 1. The summed E-state index contributed by atoms with van der Waals surface area (Å²) in [6, 6.07) is 5.68. The molecule has 1 aromatic heterocycles. The predicted molar refractivity (Wildman–Crippen MR) is 100 cm³/mol. The first-order chi connectivity index (χ1) is 12.7. The van der Waals surface area contributed by atoms with Gasteiger partial charge in [0.25, 0.3) is 0 Å². The van der Waals surface area contributed by atoms with Crippen LogP contribution in [0.25, 0.3) is 20.2 Å². The Labute approximate surface area is 157 Å². The van der Waals surface area contributed by atoms with Crippen molar-refractivity contribution < 1.29 is 27.8 Å². The molecule has 1 heterocycles. The number of halogens is 2. The molecule has 0 amide bonds. The first-order valence-corrected chi connectivity index (χ1v) is 8.61. The monoisotopic (exact) mass is 388 g/mol. The van der Waals surface area contributed by atoms with Crippen LogP contribution in [0.5, 0.6) is 11.5 Å². The minimum Gasteiger partial charge on any atom is -0.420 e. The minimum atomic E-state index is -0.775. The summed E-state index contributed by atoms with van der Waals surface area (Å²) in [7, 11) is 0. The molecule has 0 saturated heterocycles. The van der Waals surface area contributed by atoms with Gasteiger partial charge in [-0.05, 0) is 38.1 Å². The molecule has 0 aliphatic rings. The maximum Gasteiger partial charge on any atom is 0.338 e. The highest BCUT2D eigenvalue weighted by Crippen LogP contribution is 2.41. The van der Waals surface area contributed by atoms with Crippen LogP contribution in [0.2, 0.25) is 0 Å². The van der Waals surface area contributed by atoms with Gasteiger partial charge in [-0.25, -0.2) is 18.4 Å². The van der Waals surface area contributed by atoms with Crippen LogP contribution in [0.1, 0.15) is 13.8 Å². The largest absolute Gasteiger partial charge is 0.420 e. The van der Waals surface area contributed by atoms with Gasteiger partial charge in [0.2, 0.25) is 0 Å². The highest BCUT2D eigenvalue weighted by atomic mass is 32.1. The Morgan fingerprint density at radius 1 is 0.815 bits per heavy atom. The third-order valence-electron chi connectivity index (χ3n) is 3.72. The lowest BCUT2D eigenvalue weighted by molar-refractivity contribution is -0.131. The van der Waals surface area contributed by atoms with Gasteiger partial charge in [-0.15, -0.1) is 11.3 Å². The zero-order chi connectivity index (χ0) is 19.9. The second-order valence-electron chi connectivity index (χ2n) is 5.95. The van der Waals surface area contributed by atoms with E-state index in [2.05, 4.69) is 13.2 Å². The Morgan fingerprint density at radius 3 is 1.52 bits per heavy atom. The Morgan fingerprint density at radius 2 is 1.19 bits per heavy atom. The lowest BCUT2D eigenvalue weighted by atomic mass is 10.1. The van der Waals surface area contributed by atoms with E-state index in [0.717, 1.165) is 11.3 Å². The summed E-state index contributed by atoms with van der Waals surface area (Å²) in [5.74, 6) is -3.59. The van der Waals surface area contributed by atoms with Crippen molar-refractivity contribution >= 4 is 43.4 Å². The van der Waals surface area contributed by atoms with E-state index < -0.39 is 23.6 Å². The molecule has 0 spiro atoms. The van der Waals surface area contributed by atoms with Crippen molar-refractivity contribution in [2.24, 2.45) is 0 Å². The maximum atomic E-state index is 14.8. The summed E-state index contributed by atoms with van der Waals surface area (Å²) < 4.78 is 39.7. The highest BCUT2D eigenvalue weighted by Gasteiger charge is 2.20.